The minimum Gasteiger partial charge on any atom is -0.351 e. The van der Waals surface area contributed by atoms with E-state index in [-0.39, 0.29) is 5.91 Å². The van der Waals surface area contributed by atoms with E-state index in [1.807, 2.05) is 0 Å². The molecule has 0 radical (unpaired) electrons. The van der Waals surface area contributed by atoms with Crippen LogP contribution in [0.3, 0.4) is 0 Å². The van der Waals surface area contributed by atoms with Gasteiger partial charge in [-0.25, -0.2) is 4.98 Å². The lowest BCUT2D eigenvalue weighted by Crippen LogP contribution is -2.45. The number of rotatable bonds is 2. The number of halogens is 1. The van der Waals surface area contributed by atoms with Crippen LogP contribution in [-0.4, -0.2) is 67.5 Å². The maximum atomic E-state index is 12.0. The van der Waals surface area contributed by atoms with Crippen LogP contribution in [0, 0.1) is 5.92 Å². The molecular formula is C16H23ClN4O. The third-order valence-electron chi connectivity index (χ3n) is 4.71. The van der Waals surface area contributed by atoms with Crippen LogP contribution in [0.1, 0.15) is 23.2 Å². The largest absolute Gasteiger partial charge is 0.351 e. The van der Waals surface area contributed by atoms with Gasteiger partial charge in [-0.2, -0.15) is 0 Å². The smallest absolute Gasteiger partial charge is 0.254 e. The maximum absolute atomic E-state index is 12.0. The van der Waals surface area contributed by atoms with Gasteiger partial charge < -0.3 is 14.7 Å². The number of fused-ring (bicyclic) bond motifs is 1. The average Bonchev–Trinajstić information content (AvgIpc) is 2.86. The van der Waals surface area contributed by atoms with Crippen molar-refractivity contribution in [3.8, 4) is 0 Å². The zero-order valence-electron chi connectivity index (χ0n) is 13.4. The van der Waals surface area contributed by atoms with E-state index in [4.69, 9.17) is 11.6 Å². The predicted molar refractivity (Wildman–Crippen MR) is 88.6 cm³/mol. The fraction of sp³-hybridized carbons (Fsp3) is 0.625. The van der Waals surface area contributed by atoms with Crippen LogP contribution in [0.5, 0.6) is 0 Å². The van der Waals surface area contributed by atoms with Crippen LogP contribution >= 0.6 is 11.6 Å². The number of pyridine rings is 1. The number of likely N-dealkylation sites (N-methyl/N-ethyl adjacent to an activating group) is 1. The number of hydrogen-bond acceptors (Lipinski definition) is 4. The molecule has 1 amide bonds. The summed E-state index contributed by atoms with van der Waals surface area (Å²) in [5, 5.41) is 0.572. The molecule has 2 atom stereocenters. The van der Waals surface area contributed by atoms with Gasteiger partial charge in [0.05, 0.1) is 10.6 Å². The van der Waals surface area contributed by atoms with E-state index in [2.05, 4.69) is 21.8 Å². The molecule has 2 fully saturated rings. The highest BCUT2D eigenvalue weighted by molar-refractivity contribution is 6.33. The zero-order chi connectivity index (χ0) is 15.9. The second-order valence-electron chi connectivity index (χ2n) is 6.61. The van der Waals surface area contributed by atoms with Crippen molar-refractivity contribution in [2.45, 2.75) is 18.9 Å². The molecule has 0 unspecified atom stereocenters. The number of carbonyl (C=O) groups is 1. The molecule has 5 nitrogen and oxygen atoms in total. The van der Waals surface area contributed by atoms with Crippen molar-refractivity contribution in [2.24, 2.45) is 5.92 Å². The van der Waals surface area contributed by atoms with Crippen LogP contribution in [0.15, 0.2) is 12.3 Å². The van der Waals surface area contributed by atoms with E-state index in [0.29, 0.717) is 22.5 Å². The molecule has 0 spiro atoms. The first-order valence-electron chi connectivity index (χ1n) is 7.79. The summed E-state index contributed by atoms with van der Waals surface area (Å²) in [7, 11) is 5.63. The molecule has 22 heavy (non-hydrogen) atoms. The van der Waals surface area contributed by atoms with Gasteiger partial charge in [-0.15, -0.1) is 0 Å². The third kappa shape index (κ3) is 2.79. The second kappa shape index (κ2) is 6.05. The van der Waals surface area contributed by atoms with Gasteiger partial charge in [0.2, 0.25) is 0 Å². The Balaban J connectivity index is 1.87. The molecule has 2 aliphatic heterocycles. The van der Waals surface area contributed by atoms with Crippen molar-refractivity contribution in [3.05, 3.63) is 22.8 Å². The summed E-state index contributed by atoms with van der Waals surface area (Å²) in [5.74, 6) is 1.44. The van der Waals surface area contributed by atoms with Gasteiger partial charge in [0.15, 0.2) is 0 Å². The molecule has 3 heterocycles. The normalized spacial score (nSPS) is 25.2. The SMILES string of the molecule is CN1C[C@@H]2CCCN(c3ncc(C(=O)N(C)C)cc3Cl)[C@@H]2C1. The van der Waals surface area contributed by atoms with Crippen LogP contribution in [0.25, 0.3) is 0 Å². The number of likely N-dealkylation sites (tertiary alicyclic amines) is 1. The van der Waals surface area contributed by atoms with E-state index in [0.717, 1.165) is 25.5 Å². The highest BCUT2D eigenvalue weighted by atomic mass is 35.5. The fourth-order valence-corrected chi connectivity index (χ4v) is 3.95. The number of amides is 1. The average molecular weight is 323 g/mol. The van der Waals surface area contributed by atoms with Gasteiger partial charge in [-0.05, 0) is 31.9 Å². The number of aromatic nitrogens is 1. The second-order valence-corrected chi connectivity index (χ2v) is 7.02. The van der Waals surface area contributed by atoms with Crippen molar-refractivity contribution in [1.29, 1.82) is 0 Å². The van der Waals surface area contributed by atoms with Crippen molar-refractivity contribution >= 4 is 23.3 Å². The Hall–Kier alpha value is -1.33. The third-order valence-corrected chi connectivity index (χ3v) is 4.99. The van der Waals surface area contributed by atoms with Crippen LogP contribution < -0.4 is 4.90 Å². The number of hydrogen-bond donors (Lipinski definition) is 0. The first kappa shape index (κ1) is 15.6. The number of carbonyl (C=O) groups excluding carboxylic acids is 1. The highest BCUT2D eigenvalue weighted by Crippen LogP contribution is 2.35. The van der Waals surface area contributed by atoms with Crippen molar-refractivity contribution in [3.63, 3.8) is 0 Å². The van der Waals surface area contributed by atoms with Crippen molar-refractivity contribution in [1.82, 2.24) is 14.8 Å². The van der Waals surface area contributed by atoms with Gasteiger partial charge in [0, 0.05) is 46.0 Å². The quantitative estimate of drug-likeness (QED) is 0.834. The maximum Gasteiger partial charge on any atom is 0.254 e. The Kier molecular flexibility index (Phi) is 4.28. The molecule has 0 bridgehead atoms. The molecule has 0 aliphatic carbocycles. The first-order chi connectivity index (χ1) is 10.5. The highest BCUT2D eigenvalue weighted by Gasteiger charge is 2.38. The van der Waals surface area contributed by atoms with E-state index < -0.39 is 0 Å². The van der Waals surface area contributed by atoms with Gasteiger partial charge in [0.1, 0.15) is 5.82 Å². The number of nitrogens with zero attached hydrogens (tertiary/aromatic N) is 4. The summed E-state index contributed by atoms with van der Waals surface area (Å²) in [6.45, 7) is 3.19. The summed E-state index contributed by atoms with van der Waals surface area (Å²) in [4.78, 5) is 22.8. The lowest BCUT2D eigenvalue weighted by Gasteiger charge is -2.38. The molecule has 120 valence electrons. The standard InChI is InChI=1S/C16H23ClN4O/c1-19(2)16(22)12-7-13(17)15(18-8-12)21-6-4-5-11-9-20(3)10-14(11)21/h7-8,11,14H,4-6,9-10H2,1-3H3/t11-,14+/m0/s1. The van der Waals surface area contributed by atoms with Crippen LogP contribution in [0.2, 0.25) is 5.02 Å². The lowest BCUT2D eigenvalue weighted by molar-refractivity contribution is 0.0827. The minimum absolute atomic E-state index is 0.0712. The van der Waals surface area contributed by atoms with Crippen LogP contribution in [0.4, 0.5) is 5.82 Å². The Labute approximate surface area is 136 Å². The summed E-state index contributed by atoms with van der Waals surface area (Å²) in [5.41, 5.74) is 0.538. The number of piperidine rings is 1. The Morgan fingerprint density at radius 1 is 1.41 bits per heavy atom. The Morgan fingerprint density at radius 3 is 2.86 bits per heavy atom. The van der Waals surface area contributed by atoms with E-state index in [1.54, 1.807) is 26.4 Å². The van der Waals surface area contributed by atoms with E-state index >= 15 is 0 Å². The summed E-state index contributed by atoms with van der Waals surface area (Å²) >= 11 is 6.45. The zero-order valence-corrected chi connectivity index (χ0v) is 14.2. The molecule has 0 N–H and O–H groups in total. The predicted octanol–water partition coefficient (Wildman–Crippen LogP) is 1.97. The van der Waals surface area contributed by atoms with Gasteiger partial charge >= 0.3 is 0 Å². The minimum atomic E-state index is -0.0712. The molecule has 0 aromatic carbocycles. The van der Waals surface area contributed by atoms with Crippen molar-refractivity contribution in [2.75, 3.05) is 45.7 Å². The Morgan fingerprint density at radius 2 is 2.18 bits per heavy atom. The van der Waals surface area contributed by atoms with Gasteiger partial charge in [-0.3, -0.25) is 4.79 Å². The lowest BCUT2D eigenvalue weighted by atomic mass is 9.92. The monoisotopic (exact) mass is 322 g/mol. The summed E-state index contributed by atoms with van der Waals surface area (Å²) in [6.07, 6.45) is 4.09. The molecule has 3 rings (SSSR count). The summed E-state index contributed by atoms with van der Waals surface area (Å²) < 4.78 is 0. The topological polar surface area (TPSA) is 39.7 Å². The Bertz CT molecular complexity index is 577. The summed E-state index contributed by atoms with van der Waals surface area (Å²) in [6, 6.07) is 2.23. The fourth-order valence-electron chi connectivity index (χ4n) is 3.67. The molecule has 2 aliphatic rings. The molecular weight excluding hydrogens is 300 g/mol. The van der Waals surface area contributed by atoms with Crippen molar-refractivity contribution < 1.29 is 4.79 Å². The molecule has 1 aromatic heterocycles. The van der Waals surface area contributed by atoms with Gasteiger partial charge in [-0.1, -0.05) is 11.6 Å². The molecule has 1 aromatic rings. The number of anilines is 1. The molecule has 2 saturated heterocycles. The van der Waals surface area contributed by atoms with E-state index in [9.17, 15) is 4.79 Å². The van der Waals surface area contributed by atoms with Crippen LogP contribution in [-0.2, 0) is 0 Å². The first-order valence-corrected chi connectivity index (χ1v) is 8.17. The molecule has 0 saturated carbocycles. The van der Waals surface area contributed by atoms with Gasteiger partial charge in [0.25, 0.3) is 5.91 Å². The molecule has 6 heteroatoms. The van der Waals surface area contributed by atoms with E-state index in [1.165, 1.54) is 17.7 Å².